The number of aliphatic hydroxyl groups excluding tert-OH is 1. The first-order valence-corrected chi connectivity index (χ1v) is 4.68. The van der Waals surface area contributed by atoms with Gasteiger partial charge in [0, 0.05) is 0 Å². The highest BCUT2D eigenvalue weighted by atomic mass is 35.5. The first-order valence-electron chi connectivity index (χ1n) is 4.68. The third kappa shape index (κ3) is 4.96. The van der Waals surface area contributed by atoms with Crippen LogP contribution in [0.3, 0.4) is 0 Å². The van der Waals surface area contributed by atoms with E-state index < -0.39 is 0 Å². The molecular weight excluding hydrogens is 174 g/mol. The molecule has 1 aliphatic heterocycles. The lowest BCUT2D eigenvalue weighted by Gasteiger charge is -2.22. The van der Waals surface area contributed by atoms with E-state index in [0.717, 1.165) is 12.3 Å². The van der Waals surface area contributed by atoms with Crippen molar-refractivity contribution in [2.75, 3.05) is 13.1 Å². The Kier molecular flexibility index (Phi) is 6.81. The Morgan fingerprint density at radius 3 is 2.50 bits per heavy atom. The lowest BCUT2D eigenvalue weighted by atomic mass is 9.92. The van der Waals surface area contributed by atoms with E-state index in [4.69, 9.17) is 5.11 Å². The normalized spacial score (nSPS) is 21.5. The zero-order valence-corrected chi connectivity index (χ0v) is 8.57. The Balaban J connectivity index is 0.00000121. The molecule has 1 rings (SSSR count). The molecule has 0 radical (unpaired) electrons. The molecule has 0 bridgehead atoms. The molecular formula is C9H20ClNO. The van der Waals surface area contributed by atoms with Gasteiger partial charge in [0.1, 0.15) is 0 Å². The predicted octanol–water partition coefficient (Wildman–Crippen LogP) is 1.57. The average molecular weight is 194 g/mol. The van der Waals surface area contributed by atoms with Gasteiger partial charge in [0.05, 0.1) is 6.10 Å². The van der Waals surface area contributed by atoms with Gasteiger partial charge < -0.3 is 10.4 Å². The van der Waals surface area contributed by atoms with Crippen LogP contribution in [-0.4, -0.2) is 24.3 Å². The van der Waals surface area contributed by atoms with Crippen molar-refractivity contribution in [3.8, 4) is 0 Å². The van der Waals surface area contributed by atoms with Crippen LogP contribution in [0.2, 0.25) is 0 Å². The van der Waals surface area contributed by atoms with E-state index in [9.17, 15) is 0 Å². The molecule has 0 aromatic rings. The number of hydrogen-bond acceptors (Lipinski definition) is 2. The lowest BCUT2D eigenvalue weighted by Crippen LogP contribution is -2.28. The minimum absolute atomic E-state index is 0. The largest absolute Gasteiger partial charge is 0.393 e. The van der Waals surface area contributed by atoms with Gasteiger partial charge in [-0.1, -0.05) is 0 Å². The molecule has 1 atom stereocenters. The number of aliphatic hydroxyl groups is 1. The molecule has 0 spiro atoms. The van der Waals surface area contributed by atoms with Crippen molar-refractivity contribution in [1.29, 1.82) is 0 Å². The molecule has 0 aliphatic carbocycles. The van der Waals surface area contributed by atoms with Crippen LogP contribution in [-0.2, 0) is 0 Å². The van der Waals surface area contributed by atoms with Crippen LogP contribution in [0.1, 0.15) is 32.6 Å². The van der Waals surface area contributed by atoms with Crippen molar-refractivity contribution in [2.45, 2.75) is 38.7 Å². The second-order valence-corrected chi connectivity index (χ2v) is 3.62. The van der Waals surface area contributed by atoms with Gasteiger partial charge in [0.15, 0.2) is 0 Å². The Morgan fingerprint density at radius 2 is 2.00 bits per heavy atom. The first-order chi connectivity index (χ1) is 5.29. The quantitative estimate of drug-likeness (QED) is 0.714. The summed E-state index contributed by atoms with van der Waals surface area (Å²) in [5, 5.41) is 12.4. The van der Waals surface area contributed by atoms with Crippen molar-refractivity contribution in [1.82, 2.24) is 5.32 Å². The fraction of sp³-hybridized carbons (Fsp3) is 1.00. The summed E-state index contributed by atoms with van der Waals surface area (Å²) in [6.07, 6.45) is 4.67. The summed E-state index contributed by atoms with van der Waals surface area (Å²) in [7, 11) is 0. The zero-order chi connectivity index (χ0) is 8.10. The summed E-state index contributed by atoms with van der Waals surface area (Å²) in [4.78, 5) is 0. The maximum absolute atomic E-state index is 9.07. The van der Waals surface area contributed by atoms with E-state index in [0.29, 0.717) is 0 Å². The van der Waals surface area contributed by atoms with Crippen LogP contribution in [0, 0.1) is 5.92 Å². The van der Waals surface area contributed by atoms with E-state index in [1.807, 2.05) is 6.92 Å². The monoisotopic (exact) mass is 193 g/mol. The Bertz CT molecular complexity index is 103. The molecule has 1 saturated heterocycles. The molecule has 1 fully saturated rings. The topological polar surface area (TPSA) is 32.3 Å². The van der Waals surface area contributed by atoms with Gasteiger partial charge in [-0.3, -0.25) is 0 Å². The van der Waals surface area contributed by atoms with Crippen molar-refractivity contribution in [2.24, 2.45) is 5.92 Å². The van der Waals surface area contributed by atoms with Crippen LogP contribution in [0.4, 0.5) is 0 Å². The van der Waals surface area contributed by atoms with E-state index in [1.165, 1.54) is 32.4 Å². The van der Waals surface area contributed by atoms with Crippen molar-refractivity contribution in [3.63, 3.8) is 0 Å². The fourth-order valence-corrected chi connectivity index (χ4v) is 1.65. The molecule has 3 heteroatoms. The highest BCUT2D eigenvalue weighted by molar-refractivity contribution is 5.85. The summed E-state index contributed by atoms with van der Waals surface area (Å²) in [6, 6.07) is 0. The first kappa shape index (κ1) is 12.2. The van der Waals surface area contributed by atoms with Crippen molar-refractivity contribution in [3.05, 3.63) is 0 Å². The summed E-state index contributed by atoms with van der Waals surface area (Å²) >= 11 is 0. The number of rotatable bonds is 3. The van der Waals surface area contributed by atoms with Gasteiger partial charge in [0.2, 0.25) is 0 Å². The minimum Gasteiger partial charge on any atom is -0.393 e. The molecule has 0 amide bonds. The van der Waals surface area contributed by atoms with Crippen molar-refractivity contribution >= 4 is 12.4 Å². The van der Waals surface area contributed by atoms with E-state index in [2.05, 4.69) is 5.32 Å². The summed E-state index contributed by atoms with van der Waals surface area (Å²) < 4.78 is 0. The maximum atomic E-state index is 9.07. The smallest absolute Gasteiger partial charge is 0.0512 e. The van der Waals surface area contributed by atoms with Crippen LogP contribution in [0.25, 0.3) is 0 Å². The van der Waals surface area contributed by atoms with E-state index in [1.54, 1.807) is 0 Å². The lowest BCUT2D eigenvalue weighted by molar-refractivity contribution is 0.168. The highest BCUT2D eigenvalue weighted by Crippen LogP contribution is 2.18. The maximum Gasteiger partial charge on any atom is 0.0512 e. The Hall–Kier alpha value is 0.210. The number of hydrogen-bond donors (Lipinski definition) is 2. The SMILES string of the molecule is CC(O)CCC1CCNCC1.Cl. The molecule has 2 nitrogen and oxygen atoms in total. The molecule has 12 heavy (non-hydrogen) atoms. The molecule has 1 unspecified atom stereocenters. The molecule has 1 heterocycles. The molecule has 0 aromatic carbocycles. The minimum atomic E-state index is -0.107. The van der Waals surface area contributed by atoms with Crippen LogP contribution >= 0.6 is 12.4 Å². The number of nitrogens with one attached hydrogen (secondary N) is 1. The van der Waals surface area contributed by atoms with Gasteiger partial charge in [0.25, 0.3) is 0 Å². The molecule has 1 aliphatic rings. The predicted molar refractivity (Wildman–Crippen MR) is 53.8 cm³/mol. The molecule has 74 valence electrons. The zero-order valence-electron chi connectivity index (χ0n) is 7.75. The van der Waals surface area contributed by atoms with Crippen LogP contribution in [0.5, 0.6) is 0 Å². The summed E-state index contributed by atoms with van der Waals surface area (Å²) in [5.74, 6) is 0.867. The van der Waals surface area contributed by atoms with Gasteiger partial charge in [-0.05, 0) is 51.6 Å². The standard InChI is InChI=1S/C9H19NO.ClH/c1-8(11)2-3-9-4-6-10-7-5-9;/h8-11H,2-7H2,1H3;1H. The Morgan fingerprint density at radius 1 is 1.42 bits per heavy atom. The van der Waals surface area contributed by atoms with E-state index >= 15 is 0 Å². The van der Waals surface area contributed by atoms with E-state index in [-0.39, 0.29) is 18.5 Å². The molecule has 0 aromatic heterocycles. The fourth-order valence-electron chi connectivity index (χ4n) is 1.65. The number of halogens is 1. The molecule has 0 saturated carbocycles. The number of piperidine rings is 1. The second-order valence-electron chi connectivity index (χ2n) is 3.62. The third-order valence-electron chi connectivity index (χ3n) is 2.45. The van der Waals surface area contributed by atoms with Crippen molar-refractivity contribution < 1.29 is 5.11 Å². The second kappa shape index (κ2) is 6.70. The van der Waals surface area contributed by atoms with Crippen LogP contribution in [0.15, 0.2) is 0 Å². The highest BCUT2D eigenvalue weighted by Gasteiger charge is 2.12. The van der Waals surface area contributed by atoms with Crippen LogP contribution < -0.4 is 5.32 Å². The van der Waals surface area contributed by atoms with Gasteiger partial charge >= 0.3 is 0 Å². The Labute approximate surface area is 81.2 Å². The van der Waals surface area contributed by atoms with Gasteiger partial charge in [-0.25, -0.2) is 0 Å². The molecule has 2 N–H and O–H groups in total. The van der Waals surface area contributed by atoms with Gasteiger partial charge in [-0.15, -0.1) is 12.4 Å². The third-order valence-corrected chi connectivity index (χ3v) is 2.45. The summed E-state index contributed by atoms with van der Waals surface area (Å²) in [6.45, 7) is 4.22. The van der Waals surface area contributed by atoms with Gasteiger partial charge in [-0.2, -0.15) is 0 Å². The average Bonchev–Trinajstić information content (AvgIpc) is 2.03. The summed E-state index contributed by atoms with van der Waals surface area (Å²) in [5.41, 5.74) is 0.